The van der Waals surface area contributed by atoms with E-state index in [0.717, 1.165) is 5.56 Å². The van der Waals surface area contributed by atoms with Crippen molar-refractivity contribution in [2.24, 2.45) is 0 Å². The van der Waals surface area contributed by atoms with Gasteiger partial charge < -0.3 is 10.0 Å². The summed E-state index contributed by atoms with van der Waals surface area (Å²) in [7, 11) is 0. The second kappa shape index (κ2) is 6.06. The summed E-state index contributed by atoms with van der Waals surface area (Å²) in [4.78, 5) is 13.2. The molecule has 1 aromatic rings. The Bertz CT molecular complexity index is 475. The van der Waals surface area contributed by atoms with E-state index >= 15 is 0 Å². The van der Waals surface area contributed by atoms with Crippen LogP contribution in [0.5, 0.6) is 0 Å². The number of carboxylic acids is 1. The second-order valence-corrected chi connectivity index (χ2v) is 4.52. The van der Waals surface area contributed by atoms with Crippen LogP contribution in [-0.2, 0) is 0 Å². The van der Waals surface area contributed by atoms with Gasteiger partial charge in [-0.2, -0.15) is 5.26 Å². The largest absolute Gasteiger partial charge is 0.478 e. The third-order valence-corrected chi connectivity index (χ3v) is 2.78. The molecule has 0 heterocycles. The van der Waals surface area contributed by atoms with Crippen molar-refractivity contribution in [2.75, 3.05) is 11.4 Å². The molecule has 0 aliphatic heterocycles. The number of rotatable bonds is 5. The molecule has 1 N–H and O–H groups in total. The molecule has 0 aliphatic carbocycles. The van der Waals surface area contributed by atoms with Crippen molar-refractivity contribution in [3.8, 4) is 6.07 Å². The van der Waals surface area contributed by atoms with E-state index < -0.39 is 5.97 Å². The first-order valence-electron chi connectivity index (χ1n) is 5.95. The summed E-state index contributed by atoms with van der Waals surface area (Å²) >= 11 is 0. The smallest absolute Gasteiger partial charge is 0.337 e. The first kappa shape index (κ1) is 14.0. The van der Waals surface area contributed by atoms with Gasteiger partial charge in [0.25, 0.3) is 0 Å². The standard InChI is InChI=1S/C14H18N2O2/c1-10(2)16(8-4-7-15)13-6-5-11(3)9-12(13)14(17)18/h5-6,9-10H,4,8H2,1-3H3,(H,17,18). The lowest BCUT2D eigenvalue weighted by atomic mass is 10.1. The van der Waals surface area contributed by atoms with Gasteiger partial charge in [-0.3, -0.25) is 0 Å². The third kappa shape index (κ3) is 3.24. The van der Waals surface area contributed by atoms with Gasteiger partial charge in [-0.1, -0.05) is 11.6 Å². The highest BCUT2D eigenvalue weighted by Gasteiger charge is 2.18. The van der Waals surface area contributed by atoms with E-state index in [1.54, 1.807) is 6.07 Å². The van der Waals surface area contributed by atoms with Crippen molar-refractivity contribution < 1.29 is 9.90 Å². The van der Waals surface area contributed by atoms with Crippen molar-refractivity contribution in [3.05, 3.63) is 29.3 Å². The lowest BCUT2D eigenvalue weighted by molar-refractivity contribution is 0.0697. The van der Waals surface area contributed by atoms with E-state index in [1.165, 1.54) is 0 Å². The van der Waals surface area contributed by atoms with E-state index in [-0.39, 0.29) is 6.04 Å². The maximum absolute atomic E-state index is 11.3. The zero-order valence-electron chi connectivity index (χ0n) is 11.0. The summed E-state index contributed by atoms with van der Waals surface area (Å²) in [5.41, 5.74) is 1.89. The van der Waals surface area contributed by atoms with Gasteiger partial charge in [0.05, 0.1) is 23.7 Å². The fraction of sp³-hybridized carbons (Fsp3) is 0.429. The quantitative estimate of drug-likeness (QED) is 0.867. The molecule has 0 saturated carbocycles. The predicted molar refractivity (Wildman–Crippen MR) is 70.9 cm³/mol. The summed E-state index contributed by atoms with van der Waals surface area (Å²) in [5, 5.41) is 17.9. The number of nitrogens with zero attached hydrogens (tertiary/aromatic N) is 2. The van der Waals surface area contributed by atoms with Crippen LogP contribution in [0.3, 0.4) is 0 Å². The Morgan fingerprint density at radius 2 is 2.17 bits per heavy atom. The minimum atomic E-state index is -0.934. The molecule has 4 nitrogen and oxygen atoms in total. The Morgan fingerprint density at radius 1 is 1.50 bits per heavy atom. The van der Waals surface area contributed by atoms with Crippen LogP contribution in [0.1, 0.15) is 36.2 Å². The molecular formula is C14H18N2O2. The predicted octanol–water partition coefficient (Wildman–Crippen LogP) is 2.82. The molecule has 0 unspecified atom stereocenters. The van der Waals surface area contributed by atoms with Crippen LogP contribution in [0.4, 0.5) is 5.69 Å². The normalized spacial score (nSPS) is 10.2. The molecule has 4 heteroatoms. The zero-order chi connectivity index (χ0) is 13.7. The van der Waals surface area contributed by atoms with E-state index in [9.17, 15) is 9.90 Å². The van der Waals surface area contributed by atoms with E-state index in [2.05, 4.69) is 6.07 Å². The number of anilines is 1. The molecule has 1 aromatic carbocycles. The third-order valence-electron chi connectivity index (χ3n) is 2.78. The monoisotopic (exact) mass is 246 g/mol. The molecule has 1 rings (SSSR count). The molecule has 18 heavy (non-hydrogen) atoms. The fourth-order valence-electron chi connectivity index (χ4n) is 1.90. The SMILES string of the molecule is Cc1ccc(N(CCC#N)C(C)C)c(C(=O)O)c1. The van der Waals surface area contributed by atoms with Crippen LogP contribution >= 0.6 is 0 Å². The molecule has 0 amide bonds. The number of hydrogen-bond acceptors (Lipinski definition) is 3. The maximum Gasteiger partial charge on any atom is 0.337 e. The number of carboxylic acid groups (broad SMARTS) is 1. The van der Waals surface area contributed by atoms with E-state index in [0.29, 0.717) is 24.2 Å². The molecule has 0 aromatic heterocycles. The van der Waals surface area contributed by atoms with Gasteiger partial charge in [-0.15, -0.1) is 0 Å². The van der Waals surface area contributed by atoms with Crippen LogP contribution < -0.4 is 4.90 Å². The van der Waals surface area contributed by atoms with Gasteiger partial charge in [0.1, 0.15) is 0 Å². The highest BCUT2D eigenvalue weighted by atomic mass is 16.4. The Kier molecular flexibility index (Phi) is 4.73. The van der Waals surface area contributed by atoms with Gasteiger partial charge in [0.2, 0.25) is 0 Å². The first-order chi connectivity index (χ1) is 8.47. The maximum atomic E-state index is 11.3. The van der Waals surface area contributed by atoms with Gasteiger partial charge >= 0.3 is 5.97 Å². The lowest BCUT2D eigenvalue weighted by Gasteiger charge is -2.29. The molecule has 96 valence electrons. The van der Waals surface area contributed by atoms with Crippen LogP contribution in [0.25, 0.3) is 0 Å². The van der Waals surface area contributed by atoms with Crippen LogP contribution in [0, 0.1) is 18.3 Å². The topological polar surface area (TPSA) is 64.3 Å². The van der Waals surface area contributed by atoms with Crippen molar-refractivity contribution in [3.63, 3.8) is 0 Å². The average molecular weight is 246 g/mol. The van der Waals surface area contributed by atoms with E-state index in [1.807, 2.05) is 37.8 Å². The summed E-state index contributed by atoms with van der Waals surface area (Å²) in [6.07, 6.45) is 0.380. The minimum Gasteiger partial charge on any atom is -0.478 e. The molecule has 0 atom stereocenters. The Labute approximate surface area is 107 Å². The van der Waals surface area contributed by atoms with Crippen molar-refractivity contribution in [2.45, 2.75) is 33.2 Å². The molecule has 0 fully saturated rings. The summed E-state index contributed by atoms with van der Waals surface area (Å²) in [6, 6.07) is 7.62. The number of nitriles is 1. The van der Waals surface area contributed by atoms with Gasteiger partial charge in [0.15, 0.2) is 0 Å². The molecule has 0 spiro atoms. The van der Waals surface area contributed by atoms with Gasteiger partial charge in [0, 0.05) is 12.6 Å². The van der Waals surface area contributed by atoms with E-state index in [4.69, 9.17) is 5.26 Å². The molecule has 0 saturated heterocycles. The molecular weight excluding hydrogens is 228 g/mol. The van der Waals surface area contributed by atoms with Crippen LogP contribution in [0.2, 0.25) is 0 Å². The Hall–Kier alpha value is -2.02. The van der Waals surface area contributed by atoms with Gasteiger partial charge in [-0.25, -0.2) is 4.79 Å². The minimum absolute atomic E-state index is 0.152. The Morgan fingerprint density at radius 3 is 2.67 bits per heavy atom. The number of aromatic carboxylic acids is 1. The first-order valence-corrected chi connectivity index (χ1v) is 5.95. The molecule has 0 radical (unpaired) electrons. The summed E-state index contributed by atoms with van der Waals surface area (Å²) in [6.45, 7) is 6.38. The number of benzene rings is 1. The van der Waals surface area contributed by atoms with Crippen LogP contribution in [0.15, 0.2) is 18.2 Å². The molecule has 0 bridgehead atoms. The van der Waals surface area contributed by atoms with Crippen LogP contribution in [-0.4, -0.2) is 23.7 Å². The number of hydrogen-bond donors (Lipinski definition) is 1. The summed E-state index contributed by atoms with van der Waals surface area (Å²) < 4.78 is 0. The highest BCUT2D eigenvalue weighted by Crippen LogP contribution is 2.24. The van der Waals surface area contributed by atoms with Crippen molar-refractivity contribution in [1.82, 2.24) is 0 Å². The zero-order valence-corrected chi connectivity index (χ0v) is 11.0. The van der Waals surface area contributed by atoms with Crippen molar-refractivity contribution in [1.29, 1.82) is 5.26 Å². The second-order valence-electron chi connectivity index (χ2n) is 4.52. The van der Waals surface area contributed by atoms with Crippen molar-refractivity contribution >= 4 is 11.7 Å². The number of carbonyl (C=O) groups is 1. The molecule has 0 aliphatic rings. The lowest BCUT2D eigenvalue weighted by Crippen LogP contribution is -2.33. The highest BCUT2D eigenvalue weighted by molar-refractivity contribution is 5.94. The number of aryl methyl sites for hydroxylation is 1. The summed E-state index contributed by atoms with van der Waals surface area (Å²) in [5.74, 6) is -0.934. The van der Waals surface area contributed by atoms with Gasteiger partial charge in [-0.05, 0) is 32.9 Å². The fourth-order valence-corrected chi connectivity index (χ4v) is 1.90. The Balaban J connectivity index is 3.19. The average Bonchev–Trinajstić information content (AvgIpc) is 2.30.